The molecule has 2 aromatic rings. The maximum Gasteiger partial charge on any atom is 0.339 e. The SMILES string of the molecule is Cc1noc2nc(C3CC3)cc(C(=O)OC(C)C(=O)N(C(C)C)C(C)C)c12. The van der Waals surface area contributed by atoms with E-state index in [2.05, 4.69) is 10.1 Å². The Morgan fingerprint density at radius 1 is 1.19 bits per heavy atom. The number of amides is 1. The Morgan fingerprint density at radius 3 is 2.37 bits per heavy atom. The van der Waals surface area contributed by atoms with E-state index in [1.54, 1.807) is 24.8 Å². The molecule has 0 N–H and O–H groups in total. The zero-order valence-corrected chi connectivity index (χ0v) is 16.8. The minimum absolute atomic E-state index is 0.0214. The fourth-order valence-corrected chi connectivity index (χ4v) is 3.45. The average molecular weight is 373 g/mol. The highest BCUT2D eigenvalue weighted by Gasteiger charge is 2.31. The molecule has 0 bridgehead atoms. The van der Waals surface area contributed by atoms with Gasteiger partial charge in [0.1, 0.15) is 0 Å². The van der Waals surface area contributed by atoms with E-state index >= 15 is 0 Å². The number of rotatable bonds is 6. The van der Waals surface area contributed by atoms with E-state index in [9.17, 15) is 9.59 Å². The van der Waals surface area contributed by atoms with Crippen LogP contribution in [0.5, 0.6) is 0 Å². The number of aromatic nitrogens is 2. The van der Waals surface area contributed by atoms with Gasteiger partial charge in [-0.3, -0.25) is 4.79 Å². The topological polar surface area (TPSA) is 85.5 Å². The van der Waals surface area contributed by atoms with Crippen LogP contribution in [0, 0.1) is 6.92 Å². The molecule has 0 spiro atoms. The second-order valence-electron chi connectivity index (χ2n) is 7.80. The number of pyridine rings is 1. The molecule has 146 valence electrons. The van der Waals surface area contributed by atoms with Crippen molar-refractivity contribution in [1.82, 2.24) is 15.0 Å². The van der Waals surface area contributed by atoms with Gasteiger partial charge in [0.05, 0.1) is 16.6 Å². The van der Waals surface area contributed by atoms with Crippen LogP contribution in [0.15, 0.2) is 10.6 Å². The fourth-order valence-electron chi connectivity index (χ4n) is 3.45. The standard InChI is InChI=1S/C20H27N3O4/c1-10(2)23(11(3)4)19(24)13(6)26-20(25)15-9-16(14-7-8-14)21-18-17(15)12(5)22-27-18/h9-11,13-14H,7-8H2,1-6H3. The summed E-state index contributed by atoms with van der Waals surface area (Å²) in [4.78, 5) is 31.9. The van der Waals surface area contributed by atoms with Crippen molar-refractivity contribution in [2.75, 3.05) is 0 Å². The first kappa shape index (κ1) is 19.3. The molecule has 3 rings (SSSR count). The Morgan fingerprint density at radius 2 is 1.81 bits per heavy atom. The highest BCUT2D eigenvalue weighted by molar-refractivity contribution is 6.04. The molecule has 1 atom stereocenters. The summed E-state index contributed by atoms with van der Waals surface area (Å²) < 4.78 is 10.8. The molecule has 0 radical (unpaired) electrons. The molecule has 27 heavy (non-hydrogen) atoms. The van der Waals surface area contributed by atoms with Gasteiger partial charge < -0.3 is 14.2 Å². The third kappa shape index (κ3) is 3.82. The number of aryl methyl sites for hydroxylation is 1. The molecule has 0 aliphatic heterocycles. The van der Waals surface area contributed by atoms with E-state index in [-0.39, 0.29) is 18.0 Å². The Kier molecular flexibility index (Phi) is 5.22. The normalized spacial score (nSPS) is 15.4. The van der Waals surface area contributed by atoms with Gasteiger partial charge in [0.25, 0.3) is 11.6 Å². The summed E-state index contributed by atoms with van der Waals surface area (Å²) in [5.41, 5.74) is 2.10. The zero-order chi connectivity index (χ0) is 19.9. The molecular weight excluding hydrogens is 346 g/mol. The van der Waals surface area contributed by atoms with Crippen molar-refractivity contribution >= 4 is 23.0 Å². The van der Waals surface area contributed by atoms with E-state index in [1.165, 1.54) is 0 Å². The quantitative estimate of drug-likeness (QED) is 0.719. The molecule has 1 aliphatic rings. The van der Waals surface area contributed by atoms with Crippen LogP contribution < -0.4 is 0 Å². The molecule has 7 nitrogen and oxygen atoms in total. The van der Waals surface area contributed by atoms with Gasteiger partial charge in [0.15, 0.2) is 6.10 Å². The van der Waals surface area contributed by atoms with Crippen LogP contribution in [-0.2, 0) is 9.53 Å². The summed E-state index contributed by atoms with van der Waals surface area (Å²) in [6.07, 6.45) is 1.22. The molecule has 1 fully saturated rings. The number of fused-ring (bicyclic) bond motifs is 1. The largest absolute Gasteiger partial charge is 0.449 e. The molecule has 0 saturated heterocycles. The lowest BCUT2D eigenvalue weighted by Gasteiger charge is -2.32. The summed E-state index contributed by atoms with van der Waals surface area (Å²) in [7, 11) is 0. The van der Waals surface area contributed by atoms with Crippen LogP contribution in [-0.4, -0.2) is 45.1 Å². The van der Waals surface area contributed by atoms with E-state index < -0.39 is 12.1 Å². The van der Waals surface area contributed by atoms with Crippen molar-refractivity contribution in [3.8, 4) is 0 Å². The predicted molar refractivity (Wildman–Crippen MR) is 101 cm³/mol. The van der Waals surface area contributed by atoms with E-state index in [1.807, 2.05) is 27.7 Å². The summed E-state index contributed by atoms with van der Waals surface area (Å²) in [5, 5.41) is 4.48. The molecule has 0 aromatic carbocycles. The van der Waals surface area contributed by atoms with Gasteiger partial charge in [-0.15, -0.1) is 0 Å². The van der Waals surface area contributed by atoms with E-state index in [0.29, 0.717) is 28.3 Å². The summed E-state index contributed by atoms with van der Waals surface area (Å²) in [5.74, 6) is -0.408. The summed E-state index contributed by atoms with van der Waals surface area (Å²) >= 11 is 0. The number of carbonyl (C=O) groups excluding carboxylic acids is 2. The maximum absolute atomic E-state index is 12.9. The second kappa shape index (κ2) is 7.29. The third-order valence-electron chi connectivity index (χ3n) is 4.85. The van der Waals surface area contributed by atoms with Gasteiger partial charge >= 0.3 is 5.97 Å². The van der Waals surface area contributed by atoms with Gasteiger partial charge in [0.2, 0.25) is 0 Å². The first-order valence-corrected chi connectivity index (χ1v) is 9.50. The molecule has 1 unspecified atom stereocenters. The smallest absolute Gasteiger partial charge is 0.339 e. The van der Waals surface area contributed by atoms with Crippen LogP contribution in [0.25, 0.3) is 11.1 Å². The van der Waals surface area contributed by atoms with Crippen molar-refractivity contribution in [3.63, 3.8) is 0 Å². The number of esters is 1. The molecule has 7 heteroatoms. The lowest BCUT2D eigenvalue weighted by Crippen LogP contribution is -2.47. The number of nitrogens with zero attached hydrogens (tertiary/aromatic N) is 3. The Balaban J connectivity index is 1.87. The van der Waals surface area contributed by atoms with Crippen molar-refractivity contribution in [2.45, 2.75) is 78.5 Å². The van der Waals surface area contributed by atoms with Crippen molar-refractivity contribution in [2.24, 2.45) is 0 Å². The van der Waals surface area contributed by atoms with Gasteiger partial charge in [0, 0.05) is 23.7 Å². The average Bonchev–Trinajstić information content (AvgIpc) is 3.37. The van der Waals surface area contributed by atoms with Crippen molar-refractivity contribution in [3.05, 3.63) is 23.0 Å². The first-order valence-electron chi connectivity index (χ1n) is 9.50. The maximum atomic E-state index is 12.9. The summed E-state index contributed by atoms with van der Waals surface area (Å²) in [6, 6.07) is 1.80. The number of hydrogen-bond donors (Lipinski definition) is 0. The van der Waals surface area contributed by atoms with Gasteiger partial charge in [-0.25, -0.2) is 9.78 Å². The molecular formula is C20H27N3O4. The van der Waals surface area contributed by atoms with E-state index in [4.69, 9.17) is 9.26 Å². The Hall–Kier alpha value is -2.44. The molecule has 2 heterocycles. The van der Waals surface area contributed by atoms with Crippen LogP contribution in [0.3, 0.4) is 0 Å². The zero-order valence-electron chi connectivity index (χ0n) is 16.8. The highest BCUT2D eigenvalue weighted by atomic mass is 16.5. The molecule has 2 aromatic heterocycles. The third-order valence-corrected chi connectivity index (χ3v) is 4.85. The van der Waals surface area contributed by atoms with Crippen LogP contribution in [0.2, 0.25) is 0 Å². The van der Waals surface area contributed by atoms with Crippen molar-refractivity contribution in [1.29, 1.82) is 0 Å². The molecule has 1 saturated carbocycles. The minimum Gasteiger partial charge on any atom is -0.449 e. The monoisotopic (exact) mass is 373 g/mol. The van der Waals surface area contributed by atoms with Gasteiger partial charge in [-0.1, -0.05) is 5.16 Å². The second-order valence-corrected chi connectivity index (χ2v) is 7.80. The van der Waals surface area contributed by atoms with Crippen LogP contribution in [0.1, 0.15) is 75.1 Å². The number of carbonyl (C=O) groups is 2. The Bertz CT molecular complexity index is 859. The minimum atomic E-state index is -0.880. The Labute approximate surface area is 159 Å². The van der Waals surface area contributed by atoms with Crippen LogP contribution in [0.4, 0.5) is 0 Å². The number of ether oxygens (including phenoxy) is 1. The van der Waals surface area contributed by atoms with Crippen LogP contribution >= 0.6 is 0 Å². The van der Waals surface area contributed by atoms with Gasteiger partial charge in [-0.05, 0) is 60.5 Å². The van der Waals surface area contributed by atoms with E-state index in [0.717, 1.165) is 18.5 Å². The summed E-state index contributed by atoms with van der Waals surface area (Å²) in [6.45, 7) is 11.2. The van der Waals surface area contributed by atoms with Crippen molar-refractivity contribution < 1.29 is 18.8 Å². The fraction of sp³-hybridized carbons (Fsp3) is 0.600. The van der Waals surface area contributed by atoms with Gasteiger partial charge in [-0.2, -0.15) is 0 Å². The number of hydrogen-bond acceptors (Lipinski definition) is 6. The first-order chi connectivity index (χ1) is 12.7. The highest BCUT2D eigenvalue weighted by Crippen LogP contribution is 2.40. The molecule has 1 amide bonds. The lowest BCUT2D eigenvalue weighted by atomic mass is 10.1. The molecule has 1 aliphatic carbocycles. The predicted octanol–water partition coefficient (Wildman–Crippen LogP) is 3.60. The lowest BCUT2D eigenvalue weighted by molar-refractivity contribution is -0.143.